The monoisotopic (exact) mass is 273 g/mol. The highest BCUT2D eigenvalue weighted by atomic mass is 19.1. The molecule has 1 aromatic carbocycles. The molecule has 0 aliphatic carbocycles. The van der Waals surface area contributed by atoms with Crippen molar-refractivity contribution in [1.29, 1.82) is 0 Å². The van der Waals surface area contributed by atoms with Gasteiger partial charge in [-0.3, -0.25) is 4.79 Å². The van der Waals surface area contributed by atoms with Crippen molar-refractivity contribution < 1.29 is 9.18 Å². The molecule has 0 saturated heterocycles. The molecule has 0 aliphatic rings. The number of nitrogens with zero attached hydrogens (tertiary/aromatic N) is 1. The lowest BCUT2D eigenvalue weighted by Crippen LogP contribution is -2.15. The first-order chi connectivity index (χ1) is 9.56. The third kappa shape index (κ3) is 3.54. The fraction of sp³-hybridized carbons (Fsp3) is 0.200. The first-order valence-electron chi connectivity index (χ1n) is 6.34. The van der Waals surface area contributed by atoms with E-state index in [1.54, 1.807) is 30.5 Å². The molecule has 4 nitrogen and oxygen atoms in total. The van der Waals surface area contributed by atoms with Crippen molar-refractivity contribution in [1.82, 2.24) is 4.98 Å². The van der Waals surface area contributed by atoms with Crippen LogP contribution in [0.25, 0.3) is 0 Å². The van der Waals surface area contributed by atoms with Gasteiger partial charge in [-0.05, 0) is 38.1 Å². The van der Waals surface area contributed by atoms with Crippen molar-refractivity contribution in [2.24, 2.45) is 0 Å². The van der Waals surface area contributed by atoms with Gasteiger partial charge >= 0.3 is 0 Å². The summed E-state index contributed by atoms with van der Waals surface area (Å²) in [5.41, 5.74) is 1.22. The Morgan fingerprint density at radius 1 is 1.20 bits per heavy atom. The lowest BCUT2D eigenvalue weighted by Gasteiger charge is -2.10. The predicted octanol–water partition coefficient (Wildman–Crippen LogP) is 3.29. The van der Waals surface area contributed by atoms with E-state index in [-0.39, 0.29) is 17.4 Å². The van der Waals surface area contributed by atoms with Crippen molar-refractivity contribution >= 4 is 17.3 Å². The SMILES string of the molecule is CC(C)Nc1ccc(C(=O)Nc2ccccc2F)nc1. The number of benzene rings is 1. The maximum Gasteiger partial charge on any atom is 0.274 e. The minimum atomic E-state index is -0.473. The minimum absolute atomic E-state index is 0.142. The molecule has 1 amide bonds. The molecule has 0 spiro atoms. The normalized spacial score (nSPS) is 10.4. The highest BCUT2D eigenvalue weighted by molar-refractivity contribution is 6.03. The molecule has 0 aliphatic heterocycles. The summed E-state index contributed by atoms with van der Waals surface area (Å²) in [6.07, 6.45) is 1.58. The minimum Gasteiger partial charge on any atom is -0.382 e. The Labute approximate surface area is 117 Å². The second-order valence-electron chi connectivity index (χ2n) is 4.67. The van der Waals surface area contributed by atoms with Gasteiger partial charge in [0, 0.05) is 6.04 Å². The fourth-order valence-corrected chi connectivity index (χ4v) is 1.70. The first-order valence-corrected chi connectivity index (χ1v) is 6.34. The van der Waals surface area contributed by atoms with Gasteiger partial charge in [-0.1, -0.05) is 12.1 Å². The standard InChI is InChI=1S/C15H16FN3O/c1-10(2)18-11-7-8-14(17-9-11)15(20)19-13-6-4-3-5-12(13)16/h3-10,18H,1-2H3,(H,19,20). The molecule has 2 N–H and O–H groups in total. The number of aromatic nitrogens is 1. The number of hydrogen-bond donors (Lipinski definition) is 2. The molecule has 104 valence electrons. The van der Waals surface area contributed by atoms with Gasteiger partial charge in [0.1, 0.15) is 11.5 Å². The van der Waals surface area contributed by atoms with Crippen LogP contribution in [0.4, 0.5) is 15.8 Å². The van der Waals surface area contributed by atoms with Gasteiger partial charge in [-0.15, -0.1) is 0 Å². The van der Waals surface area contributed by atoms with E-state index >= 15 is 0 Å². The smallest absolute Gasteiger partial charge is 0.274 e. The quantitative estimate of drug-likeness (QED) is 0.898. The van der Waals surface area contributed by atoms with Gasteiger partial charge in [-0.25, -0.2) is 9.37 Å². The van der Waals surface area contributed by atoms with E-state index in [1.807, 2.05) is 13.8 Å². The topological polar surface area (TPSA) is 54.0 Å². The van der Waals surface area contributed by atoms with Crippen molar-refractivity contribution in [3.63, 3.8) is 0 Å². The van der Waals surface area contributed by atoms with Gasteiger partial charge in [0.05, 0.1) is 17.6 Å². The van der Waals surface area contributed by atoms with E-state index < -0.39 is 11.7 Å². The molecule has 1 heterocycles. The summed E-state index contributed by atoms with van der Waals surface area (Å²) in [6.45, 7) is 4.03. The number of anilines is 2. The van der Waals surface area contributed by atoms with Crippen LogP contribution in [-0.2, 0) is 0 Å². The Morgan fingerprint density at radius 2 is 1.95 bits per heavy atom. The van der Waals surface area contributed by atoms with Crippen molar-refractivity contribution in [2.75, 3.05) is 10.6 Å². The molecule has 5 heteroatoms. The molecule has 0 bridgehead atoms. The molecule has 0 fully saturated rings. The summed E-state index contributed by atoms with van der Waals surface area (Å²) in [5.74, 6) is -0.912. The van der Waals surface area contributed by atoms with E-state index in [1.165, 1.54) is 12.1 Å². The van der Waals surface area contributed by atoms with Crippen molar-refractivity contribution in [2.45, 2.75) is 19.9 Å². The Bertz CT molecular complexity index is 596. The molecule has 0 saturated carbocycles. The number of halogens is 1. The lowest BCUT2D eigenvalue weighted by molar-refractivity contribution is 0.102. The van der Waals surface area contributed by atoms with E-state index in [0.29, 0.717) is 0 Å². The van der Waals surface area contributed by atoms with Crippen LogP contribution in [0.3, 0.4) is 0 Å². The molecule has 0 unspecified atom stereocenters. The number of amides is 1. The average Bonchev–Trinajstić information content (AvgIpc) is 2.41. The Hall–Kier alpha value is -2.43. The molecule has 2 aromatic rings. The number of carbonyl (C=O) groups excluding carboxylic acids is 1. The summed E-state index contributed by atoms with van der Waals surface area (Å²) >= 11 is 0. The Kier molecular flexibility index (Phi) is 4.30. The van der Waals surface area contributed by atoms with E-state index in [9.17, 15) is 9.18 Å². The molecular formula is C15H16FN3O. The largest absolute Gasteiger partial charge is 0.382 e. The number of nitrogens with one attached hydrogen (secondary N) is 2. The second kappa shape index (κ2) is 6.14. The average molecular weight is 273 g/mol. The van der Waals surface area contributed by atoms with Crippen molar-refractivity contribution in [3.05, 3.63) is 54.1 Å². The summed E-state index contributed by atoms with van der Waals surface area (Å²) in [4.78, 5) is 16.0. The summed E-state index contributed by atoms with van der Waals surface area (Å²) in [6, 6.07) is 9.66. The van der Waals surface area contributed by atoms with Gasteiger partial charge in [0.15, 0.2) is 0 Å². The first kappa shape index (κ1) is 14.0. The predicted molar refractivity (Wildman–Crippen MR) is 77.3 cm³/mol. The maximum atomic E-state index is 13.4. The molecule has 0 atom stereocenters. The number of carbonyl (C=O) groups is 1. The summed E-state index contributed by atoms with van der Waals surface area (Å²) < 4.78 is 13.4. The highest BCUT2D eigenvalue weighted by Gasteiger charge is 2.10. The zero-order valence-corrected chi connectivity index (χ0v) is 11.4. The van der Waals surface area contributed by atoms with E-state index in [4.69, 9.17) is 0 Å². The van der Waals surface area contributed by atoms with Crippen LogP contribution in [0.1, 0.15) is 24.3 Å². The highest BCUT2D eigenvalue weighted by Crippen LogP contribution is 2.14. The van der Waals surface area contributed by atoms with Crippen LogP contribution in [-0.4, -0.2) is 16.9 Å². The van der Waals surface area contributed by atoms with Crippen LogP contribution in [0.15, 0.2) is 42.6 Å². The van der Waals surface area contributed by atoms with Gasteiger partial charge < -0.3 is 10.6 Å². The van der Waals surface area contributed by atoms with Crippen molar-refractivity contribution in [3.8, 4) is 0 Å². The molecule has 1 aromatic heterocycles. The van der Waals surface area contributed by atoms with Crippen LogP contribution in [0.2, 0.25) is 0 Å². The molecule has 0 radical (unpaired) electrons. The van der Waals surface area contributed by atoms with Gasteiger partial charge in [0.2, 0.25) is 0 Å². The fourth-order valence-electron chi connectivity index (χ4n) is 1.70. The zero-order chi connectivity index (χ0) is 14.5. The third-order valence-electron chi connectivity index (χ3n) is 2.57. The van der Waals surface area contributed by atoms with Gasteiger partial charge in [-0.2, -0.15) is 0 Å². The summed E-state index contributed by atoms with van der Waals surface area (Å²) in [7, 11) is 0. The molecule has 20 heavy (non-hydrogen) atoms. The van der Waals surface area contributed by atoms with Crippen LogP contribution in [0.5, 0.6) is 0 Å². The van der Waals surface area contributed by atoms with Crippen LogP contribution >= 0.6 is 0 Å². The third-order valence-corrected chi connectivity index (χ3v) is 2.57. The number of rotatable bonds is 4. The second-order valence-corrected chi connectivity index (χ2v) is 4.67. The van der Waals surface area contributed by atoms with Gasteiger partial charge in [0.25, 0.3) is 5.91 Å². The molecule has 2 rings (SSSR count). The lowest BCUT2D eigenvalue weighted by atomic mass is 10.2. The number of para-hydroxylation sites is 1. The Balaban J connectivity index is 2.08. The zero-order valence-electron chi connectivity index (χ0n) is 11.4. The van der Waals surface area contributed by atoms with Crippen LogP contribution in [0, 0.1) is 5.82 Å². The van der Waals surface area contributed by atoms with E-state index in [0.717, 1.165) is 5.69 Å². The number of hydrogen-bond acceptors (Lipinski definition) is 3. The number of pyridine rings is 1. The maximum absolute atomic E-state index is 13.4. The summed E-state index contributed by atoms with van der Waals surface area (Å²) in [5, 5.41) is 5.67. The van der Waals surface area contributed by atoms with E-state index in [2.05, 4.69) is 15.6 Å². The molecular weight excluding hydrogens is 257 g/mol. The Morgan fingerprint density at radius 3 is 2.55 bits per heavy atom. The van der Waals surface area contributed by atoms with Crippen LogP contribution < -0.4 is 10.6 Å².